The molecule has 1 aliphatic heterocycles. The van der Waals surface area contributed by atoms with Crippen molar-refractivity contribution in [3.8, 4) is 11.5 Å². The van der Waals surface area contributed by atoms with E-state index in [0.717, 1.165) is 16.0 Å². The van der Waals surface area contributed by atoms with E-state index in [2.05, 4.69) is 21.2 Å². The second-order valence-corrected chi connectivity index (χ2v) is 8.41. The van der Waals surface area contributed by atoms with Gasteiger partial charge in [0, 0.05) is 0 Å². The number of rotatable bonds is 6. The zero-order valence-corrected chi connectivity index (χ0v) is 20.1. The first-order valence-corrected chi connectivity index (χ1v) is 11.2. The van der Waals surface area contributed by atoms with Crippen LogP contribution in [0.4, 0.5) is 10.5 Å². The van der Waals surface area contributed by atoms with E-state index in [1.165, 1.54) is 13.2 Å². The summed E-state index contributed by atoms with van der Waals surface area (Å²) in [5.74, 6) is -0.556. The van der Waals surface area contributed by atoms with Crippen molar-refractivity contribution in [1.82, 2.24) is 5.32 Å². The molecule has 0 spiro atoms. The Bertz CT molecular complexity index is 1300. The molecule has 3 aromatic carbocycles. The van der Waals surface area contributed by atoms with Crippen LogP contribution in [-0.2, 0) is 16.2 Å². The number of carbonyl (C=O) groups is 3. The molecule has 0 bridgehead atoms. The molecule has 7 nitrogen and oxygen atoms in total. The minimum absolute atomic E-state index is 0.172. The van der Waals surface area contributed by atoms with Gasteiger partial charge in [-0.05, 0) is 63.8 Å². The molecule has 0 unspecified atom stereocenters. The lowest BCUT2D eigenvalue weighted by molar-refractivity contribution is -0.122. The molecule has 4 amide bonds. The van der Waals surface area contributed by atoms with Crippen LogP contribution in [0, 0.1) is 6.92 Å². The third kappa shape index (κ3) is 4.72. The monoisotopic (exact) mass is 520 g/mol. The molecule has 4 rings (SSSR count). The lowest BCUT2D eigenvalue weighted by Crippen LogP contribution is -2.54. The maximum atomic E-state index is 13.2. The van der Waals surface area contributed by atoms with Crippen molar-refractivity contribution in [2.45, 2.75) is 13.5 Å². The number of imide groups is 2. The van der Waals surface area contributed by atoms with Gasteiger partial charge in [0.05, 0.1) is 17.3 Å². The Kier molecular flexibility index (Phi) is 6.79. The summed E-state index contributed by atoms with van der Waals surface area (Å²) in [5.41, 5.74) is 2.48. The molecular formula is C26H21BrN2O5. The zero-order chi connectivity index (χ0) is 24.2. The fourth-order valence-electron chi connectivity index (χ4n) is 3.55. The normalized spacial score (nSPS) is 14.9. The van der Waals surface area contributed by atoms with Crippen LogP contribution in [0.3, 0.4) is 0 Å². The lowest BCUT2D eigenvalue weighted by Gasteiger charge is -2.27. The molecule has 0 radical (unpaired) electrons. The van der Waals surface area contributed by atoms with Crippen LogP contribution in [0.15, 0.2) is 76.8 Å². The molecule has 0 aliphatic carbocycles. The molecule has 0 atom stereocenters. The zero-order valence-electron chi connectivity index (χ0n) is 18.5. The van der Waals surface area contributed by atoms with Gasteiger partial charge < -0.3 is 9.47 Å². The van der Waals surface area contributed by atoms with Crippen molar-refractivity contribution in [2.24, 2.45) is 0 Å². The number of nitrogens with zero attached hydrogens (tertiary/aromatic N) is 1. The molecule has 1 fully saturated rings. The highest BCUT2D eigenvalue weighted by atomic mass is 79.9. The first-order chi connectivity index (χ1) is 16.4. The van der Waals surface area contributed by atoms with Crippen molar-refractivity contribution >= 4 is 45.5 Å². The molecule has 1 saturated heterocycles. The number of benzene rings is 3. The van der Waals surface area contributed by atoms with Crippen molar-refractivity contribution in [3.63, 3.8) is 0 Å². The molecule has 1 aliphatic rings. The van der Waals surface area contributed by atoms with Gasteiger partial charge in [0.25, 0.3) is 11.8 Å². The number of urea groups is 1. The van der Waals surface area contributed by atoms with Gasteiger partial charge >= 0.3 is 6.03 Å². The van der Waals surface area contributed by atoms with Gasteiger partial charge in [-0.15, -0.1) is 0 Å². The van der Waals surface area contributed by atoms with Crippen molar-refractivity contribution < 1.29 is 23.9 Å². The summed E-state index contributed by atoms with van der Waals surface area (Å²) in [6, 6.07) is 19.2. The molecule has 0 saturated carbocycles. The Labute approximate surface area is 205 Å². The van der Waals surface area contributed by atoms with Gasteiger partial charge in [0.1, 0.15) is 12.2 Å². The minimum atomic E-state index is -0.787. The van der Waals surface area contributed by atoms with Crippen molar-refractivity contribution in [1.29, 1.82) is 0 Å². The van der Waals surface area contributed by atoms with Crippen LogP contribution in [-0.4, -0.2) is 25.0 Å². The first-order valence-electron chi connectivity index (χ1n) is 10.4. The number of methoxy groups -OCH3 is 1. The van der Waals surface area contributed by atoms with E-state index in [4.69, 9.17) is 9.47 Å². The topological polar surface area (TPSA) is 84.9 Å². The second-order valence-electron chi connectivity index (χ2n) is 7.55. The molecule has 1 heterocycles. The summed E-state index contributed by atoms with van der Waals surface area (Å²) in [4.78, 5) is 39.1. The maximum Gasteiger partial charge on any atom is 0.335 e. The smallest absolute Gasteiger partial charge is 0.335 e. The van der Waals surface area contributed by atoms with E-state index < -0.39 is 17.8 Å². The standard InChI is InChI=1S/C26H21BrN2O5/c1-16-8-6-7-11-21(16)29-25(31)19(24(30)28-26(29)32)12-18-13-20(27)23(22(14-18)33-2)34-15-17-9-4-3-5-10-17/h3-14H,15H2,1-2H3,(H,28,30,32)/b19-12+. The van der Waals surface area contributed by atoms with Crippen molar-refractivity contribution in [2.75, 3.05) is 12.0 Å². The summed E-state index contributed by atoms with van der Waals surface area (Å²) in [6.07, 6.45) is 1.42. The number of para-hydroxylation sites is 1. The van der Waals surface area contributed by atoms with Gasteiger partial charge in [0.2, 0.25) is 0 Å². The van der Waals surface area contributed by atoms with Gasteiger partial charge in [-0.1, -0.05) is 48.5 Å². The molecule has 1 N–H and O–H groups in total. The van der Waals surface area contributed by atoms with Gasteiger partial charge in [-0.3, -0.25) is 14.9 Å². The second kappa shape index (κ2) is 9.93. The number of nitrogens with one attached hydrogen (secondary N) is 1. The predicted octanol–water partition coefficient (Wildman–Crippen LogP) is 5.01. The minimum Gasteiger partial charge on any atom is -0.493 e. The summed E-state index contributed by atoms with van der Waals surface area (Å²) in [6.45, 7) is 2.12. The fraction of sp³-hybridized carbons (Fsp3) is 0.115. The van der Waals surface area contributed by atoms with Crippen LogP contribution in [0.2, 0.25) is 0 Å². The van der Waals surface area contributed by atoms with Crippen LogP contribution in [0.1, 0.15) is 16.7 Å². The van der Waals surface area contributed by atoms with Gasteiger partial charge in [-0.2, -0.15) is 0 Å². The third-order valence-electron chi connectivity index (χ3n) is 5.25. The number of amides is 4. The van der Waals surface area contributed by atoms with Crippen LogP contribution in [0.25, 0.3) is 6.08 Å². The highest BCUT2D eigenvalue weighted by molar-refractivity contribution is 9.10. The van der Waals surface area contributed by atoms with E-state index in [-0.39, 0.29) is 5.57 Å². The Morgan fingerprint density at radius 1 is 1.00 bits per heavy atom. The SMILES string of the molecule is COc1cc(/C=C2\C(=O)NC(=O)N(c3ccccc3C)C2=O)cc(Br)c1OCc1ccccc1. The molecular weight excluding hydrogens is 500 g/mol. The van der Waals surface area contributed by atoms with E-state index >= 15 is 0 Å². The summed E-state index contributed by atoms with van der Waals surface area (Å²) in [5, 5.41) is 2.24. The number of ether oxygens (including phenoxy) is 2. The highest BCUT2D eigenvalue weighted by Gasteiger charge is 2.37. The van der Waals surface area contributed by atoms with E-state index in [0.29, 0.717) is 33.8 Å². The van der Waals surface area contributed by atoms with Crippen molar-refractivity contribution in [3.05, 3.63) is 93.5 Å². The van der Waals surface area contributed by atoms with Gasteiger partial charge in [0.15, 0.2) is 11.5 Å². The molecule has 3 aromatic rings. The van der Waals surface area contributed by atoms with E-state index in [9.17, 15) is 14.4 Å². The Balaban J connectivity index is 1.66. The summed E-state index contributed by atoms with van der Waals surface area (Å²) < 4.78 is 12.0. The van der Waals surface area contributed by atoms with Crippen LogP contribution in [0.5, 0.6) is 11.5 Å². The molecule has 34 heavy (non-hydrogen) atoms. The Hall–Kier alpha value is -3.91. The number of anilines is 1. The molecule has 0 aromatic heterocycles. The Morgan fingerprint density at radius 3 is 2.41 bits per heavy atom. The average molecular weight is 521 g/mol. The molecule has 8 heteroatoms. The largest absolute Gasteiger partial charge is 0.493 e. The molecule has 172 valence electrons. The van der Waals surface area contributed by atoms with Gasteiger partial charge in [-0.25, -0.2) is 9.69 Å². The number of barbiturate groups is 1. The summed E-state index contributed by atoms with van der Waals surface area (Å²) in [7, 11) is 1.51. The quantitative estimate of drug-likeness (QED) is 0.364. The summed E-state index contributed by atoms with van der Waals surface area (Å²) >= 11 is 3.49. The fourth-order valence-corrected chi connectivity index (χ4v) is 4.12. The predicted molar refractivity (Wildman–Crippen MR) is 132 cm³/mol. The maximum absolute atomic E-state index is 13.2. The van der Waals surface area contributed by atoms with Crippen LogP contribution < -0.4 is 19.7 Å². The van der Waals surface area contributed by atoms with E-state index in [1.807, 2.05) is 30.3 Å². The number of hydrogen-bond acceptors (Lipinski definition) is 5. The number of halogens is 1. The highest BCUT2D eigenvalue weighted by Crippen LogP contribution is 2.38. The average Bonchev–Trinajstić information content (AvgIpc) is 2.82. The third-order valence-corrected chi connectivity index (χ3v) is 5.84. The first kappa shape index (κ1) is 23.3. The van der Waals surface area contributed by atoms with E-state index in [1.54, 1.807) is 43.3 Å². The Morgan fingerprint density at radius 2 is 1.71 bits per heavy atom. The lowest BCUT2D eigenvalue weighted by atomic mass is 10.1. The van der Waals surface area contributed by atoms with Crippen LogP contribution >= 0.6 is 15.9 Å². The number of hydrogen-bond donors (Lipinski definition) is 1. The number of carbonyl (C=O) groups excluding carboxylic acids is 3. The number of aryl methyl sites for hydroxylation is 1.